The molecule has 1 fully saturated rings. The van der Waals surface area contributed by atoms with Gasteiger partial charge in [0.1, 0.15) is 24.1 Å². The van der Waals surface area contributed by atoms with Gasteiger partial charge >= 0.3 is 0 Å². The molecule has 1 atom stereocenters. The third kappa shape index (κ3) is 3.62. The van der Waals surface area contributed by atoms with Crippen molar-refractivity contribution in [3.05, 3.63) is 42.7 Å². The highest BCUT2D eigenvalue weighted by atomic mass is 16.5. The van der Waals surface area contributed by atoms with Gasteiger partial charge in [-0.2, -0.15) is 5.10 Å². The smallest absolute Gasteiger partial charge is 0.145 e. The summed E-state index contributed by atoms with van der Waals surface area (Å²) >= 11 is 0. The van der Waals surface area contributed by atoms with Gasteiger partial charge in [0.05, 0.1) is 0 Å². The van der Waals surface area contributed by atoms with E-state index in [4.69, 9.17) is 4.74 Å². The zero-order chi connectivity index (χ0) is 14.5. The molecule has 2 heterocycles. The van der Waals surface area contributed by atoms with E-state index in [1.54, 1.807) is 10.9 Å². The van der Waals surface area contributed by atoms with Gasteiger partial charge in [0.15, 0.2) is 0 Å². The van der Waals surface area contributed by atoms with Crippen LogP contribution in [0.25, 0.3) is 5.69 Å². The molecule has 21 heavy (non-hydrogen) atoms. The van der Waals surface area contributed by atoms with E-state index in [2.05, 4.69) is 10.00 Å². The molecule has 5 heteroatoms. The number of benzene rings is 1. The first-order chi connectivity index (χ1) is 10.3. The fraction of sp³-hybridized carbons (Fsp3) is 0.438. The number of aromatic nitrogens is 2. The Bertz CT molecular complexity index is 550. The van der Waals surface area contributed by atoms with Crippen molar-refractivity contribution in [3.63, 3.8) is 0 Å². The Kier molecular flexibility index (Phi) is 4.52. The van der Waals surface area contributed by atoms with Crippen molar-refractivity contribution < 1.29 is 9.84 Å². The second kappa shape index (κ2) is 6.74. The minimum atomic E-state index is -0.464. The van der Waals surface area contributed by atoms with Gasteiger partial charge in [-0.05, 0) is 44.1 Å². The third-order valence-electron chi connectivity index (χ3n) is 3.72. The predicted octanol–water partition coefficient (Wildman–Crippen LogP) is 1.71. The van der Waals surface area contributed by atoms with Gasteiger partial charge in [-0.1, -0.05) is 12.1 Å². The fourth-order valence-electron chi connectivity index (χ4n) is 2.68. The summed E-state index contributed by atoms with van der Waals surface area (Å²) < 4.78 is 7.56. The van der Waals surface area contributed by atoms with Gasteiger partial charge in [-0.3, -0.25) is 0 Å². The van der Waals surface area contributed by atoms with Crippen LogP contribution in [0.2, 0.25) is 0 Å². The van der Waals surface area contributed by atoms with Crippen LogP contribution in [0.1, 0.15) is 12.8 Å². The predicted molar refractivity (Wildman–Crippen MR) is 80.7 cm³/mol. The maximum absolute atomic E-state index is 10.1. The maximum Gasteiger partial charge on any atom is 0.145 e. The zero-order valence-corrected chi connectivity index (χ0v) is 12.1. The highest BCUT2D eigenvalue weighted by molar-refractivity contribution is 5.45. The number of para-hydroxylation sites is 2. The molecule has 1 aromatic carbocycles. The number of aliphatic hydroxyl groups is 1. The quantitative estimate of drug-likeness (QED) is 0.879. The summed E-state index contributed by atoms with van der Waals surface area (Å²) in [6.45, 7) is 3.15. The largest absolute Gasteiger partial charge is 0.489 e. The van der Waals surface area contributed by atoms with E-state index in [1.165, 1.54) is 12.8 Å². The summed E-state index contributed by atoms with van der Waals surface area (Å²) in [7, 11) is 0. The maximum atomic E-state index is 10.1. The molecular formula is C16H21N3O2. The average Bonchev–Trinajstić information content (AvgIpc) is 3.18. The Labute approximate surface area is 124 Å². The molecule has 2 aromatic rings. The molecule has 1 N–H and O–H groups in total. The van der Waals surface area contributed by atoms with Crippen LogP contribution in [0.5, 0.6) is 5.75 Å². The summed E-state index contributed by atoms with van der Waals surface area (Å²) in [6, 6.07) is 9.60. The average molecular weight is 287 g/mol. The van der Waals surface area contributed by atoms with Crippen molar-refractivity contribution in [2.75, 3.05) is 26.2 Å². The first-order valence-electron chi connectivity index (χ1n) is 7.45. The van der Waals surface area contributed by atoms with Gasteiger partial charge in [-0.15, -0.1) is 0 Å². The molecule has 0 amide bonds. The van der Waals surface area contributed by atoms with Crippen molar-refractivity contribution in [2.24, 2.45) is 0 Å². The molecule has 1 aromatic heterocycles. The molecule has 1 aliphatic heterocycles. The number of aliphatic hydroxyl groups excluding tert-OH is 1. The Hall–Kier alpha value is -1.85. The zero-order valence-electron chi connectivity index (χ0n) is 12.1. The number of likely N-dealkylation sites (tertiary alicyclic amines) is 1. The number of rotatable bonds is 6. The molecule has 5 nitrogen and oxygen atoms in total. The van der Waals surface area contributed by atoms with Gasteiger partial charge in [0.25, 0.3) is 0 Å². The molecule has 0 aliphatic carbocycles. The first kappa shape index (κ1) is 14.1. The van der Waals surface area contributed by atoms with Gasteiger partial charge in [0, 0.05) is 18.9 Å². The number of hydrogen-bond donors (Lipinski definition) is 1. The van der Waals surface area contributed by atoms with Crippen LogP contribution in [0, 0.1) is 0 Å². The highest BCUT2D eigenvalue weighted by Gasteiger charge is 2.16. The molecule has 1 aliphatic rings. The van der Waals surface area contributed by atoms with E-state index in [0.29, 0.717) is 13.2 Å². The number of ether oxygens (including phenoxy) is 1. The van der Waals surface area contributed by atoms with Crippen LogP contribution in [0.4, 0.5) is 0 Å². The van der Waals surface area contributed by atoms with Crippen molar-refractivity contribution in [2.45, 2.75) is 18.9 Å². The van der Waals surface area contributed by atoms with E-state index in [0.717, 1.165) is 24.5 Å². The van der Waals surface area contributed by atoms with E-state index in [9.17, 15) is 5.11 Å². The van der Waals surface area contributed by atoms with Crippen LogP contribution >= 0.6 is 0 Å². The second-order valence-corrected chi connectivity index (χ2v) is 5.39. The number of β-amino-alcohol motifs (C(OH)–C–C–N with tert-alkyl or cyclic N) is 1. The van der Waals surface area contributed by atoms with Crippen LogP contribution in [-0.2, 0) is 0 Å². The van der Waals surface area contributed by atoms with Gasteiger partial charge in [0.2, 0.25) is 0 Å². The van der Waals surface area contributed by atoms with E-state index in [-0.39, 0.29) is 0 Å². The molecule has 112 valence electrons. The minimum Gasteiger partial charge on any atom is -0.489 e. The normalized spacial score (nSPS) is 17.0. The molecule has 3 rings (SSSR count). The van der Waals surface area contributed by atoms with E-state index < -0.39 is 6.10 Å². The molecule has 0 spiro atoms. The number of nitrogens with zero attached hydrogens (tertiary/aromatic N) is 3. The van der Waals surface area contributed by atoms with Crippen LogP contribution in [0.15, 0.2) is 42.7 Å². The van der Waals surface area contributed by atoms with Crippen LogP contribution in [-0.4, -0.2) is 52.1 Å². The third-order valence-corrected chi connectivity index (χ3v) is 3.72. The standard InChI is InChI=1S/C16H21N3O2/c20-14(12-18-9-3-4-10-18)13-21-16-7-2-1-6-15(16)19-11-5-8-17-19/h1-2,5-8,11,14,20H,3-4,9-10,12-13H2/t14-/m0/s1. The van der Waals surface area contributed by atoms with Crippen molar-refractivity contribution >= 4 is 0 Å². The van der Waals surface area contributed by atoms with E-state index >= 15 is 0 Å². The first-order valence-corrected chi connectivity index (χ1v) is 7.45. The molecule has 0 saturated carbocycles. The molecule has 0 bridgehead atoms. The summed E-state index contributed by atoms with van der Waals surface area (Å²) in [5, 5.41) is 14.3. The monoisotopic (exact) mass is 287 g/mol. The lowest BCUT2D eigenvalue weighted by molar-refractivity contribution is 0.0758. The summed E-state index contributed by atoms with van der Waals surface area (Å²) in [6.07, 6.45) is 5.61. The summed E-state index contributed by atoms with van der Waals surface area (Å²) in [5.41, 5.74) is 0.885. The highest BCUT2D eigenvalue weighted by Crippen LogP contribution is 2.21. The Morgan fingerprint density at radius 2 is 2.00 bits per heavy atom. The van der Waals surface area contributed by atoms with E-state index in [1.807, 2.05) is 36.5 Å². The fourth-order valence-corrected chi connectivity index (χ4v) is 2.68. The minimum absolute atomic E-state index is 0.300. The molecular weight excluding hydrogens is 266 g/mol. The summed E-state index contributed by atoms with van der Waals surface area (Å²) in [5.74, 6) is 0.738. The van der Waals surface area contributed by atoms with Crippen molar-refractivity contribution in [3.8, 4) is 11.4 Å². The molecule has 0 radical (unpaired) electrons. The Morgan fingerprint density at radius 3 is 2.76 bits per heavy atom. The molecule has 0 unspecified atom stereocenters. The van der Waals surface area contributed by atoms with Gasteiger partial charge < -0.3 is 14.7 Å². The SMILES string of the molecule is O[C@H](COc1ccccc1-n1cccn1)CN1CCCC1. The van der Waals surface area contributed by atoms with Gasteiger partial charge in [-0.25, -0.2) is 4.68 Å². The van der Waals surface area contributed by atoms with Crippen molar-refractivity contribution in [1.29, 1.82) is 0 Å². The van der Waals surface area contributed by atoms with Crippen LogP contribution in [0.3, 0.4) is 0 Å². The van der Waals surface area contributed by atoms with Crippen molar-refractivity contribution in [1.82, 2.24) is 14.7 Å². The second-order valence-electron chi connectivity index (χ2n) is 5.39. The topological polar surface area (TPSA) is 50.5 Å². The Balaban J connectivity index is 1.60. The summed E-state index contributed by atoms with van der Waals surface area (Å²) in [4.78, 5) is 2.29. The lowest BCUT2D eigenvalue weighted by Crippen LogP contribution is -2.33. The van der Waals surface area contributed by atoms with Crippen LogP contribution < -0.4 is 4.74 Å². The number of hydrogen-bond acceptors (Lipinski definition) is 4. The lowest BCUT2D eigenvalue weighted by Gasteiger charge is -2.20. The lowest BCUT2D eigenvalue weighted by atomic mass is 10.3. The Morgan fingerprint density at radius 1 is 1.19 bits per heavy atom. The molecule has 1 saturated heterocycles.